The minimum absolute atomic E-state index is 0.0795. The highest BCUT2D eigenvalue weighted by atomic mass is 32.2. The molecule has 40 heteroatoms. The first-order valence-corrected chi connectivity index (χ1v) is 37.9. The molecule has 1 aromatic heterocycles. The number of urea groups is 1. The molecule has 4 heterocycles. The van der Waals surface area contributed by atoms with Crippen molar-refractivity contribution >= 4 is 111 Å². The van der Waals surface area contributed by atoms with E-state index in [1.165, 1.54) is 6.92 Å². The summed E-state index contributed by atoms with van der Waals surface area (Å²) in [7, 11) is 0. The van der Waals surface area contributed by atoms with Crippen LogP contribution in [0.5, 0.6) is 5.75 Å². The van der Waals surface area contributed by atoms with Gasteiger partial charge in [-0.25, -0.2) is 9.59 Å². The molecular weight excluding hydrogens is 1460 g/mol. The van der Waals surface area contributed by atoms with E-state index in [1.54, 1.807) is 70.2 Å². The Kier molecular flexibility index (Phi) is 35.5. The summed E-state index contributed by atoms with van der Waals surface area (Å²) in [5.74, 6) is -13.8. The van der Waals surface area contributed by atoms with Crippen molar-refractivity contribution in [2.24, 2.45) is 34.3 Å². The van der Waals surface area contributed by atoms with Gasteiger partial charge in [-0.1, -0.05) is 77.5 Å². The number of carbonyl (C=O) groups excluding carboxylic acids is 14. The average Bonchev–Trinajstić information content (AvgIpc) is 1.62. The number of benzene rings is 2. The number of H-pyrrole nitrogens is 1. The summed E-state index contributed by atoms with van der Waals surface area (Å²) in [5.41, 5.74) is 20.5. The fraction of sp³-hybridized carbons (Fsp3) is 0.600. The molecule has 0 radical (unpaired) electrons. The van der Waals surface area contributed by atoms with E-state index in [1.807, 2.05) is 0 Å². The number of azide groups is 1. The molecule has 0 spiro atoms. The quantitative estimate of drug-likeness (QED) is 0.0104. The molecule has 15 amide bonds. The molecule has 1 unspecified atom stereocenters. The van der Waals surface area contributed by atoms with Gasteiger partial charge in [-0.3, -0.25) is 57.5 Å². The first kappa shape index (κ1) is 88.4. The maximum atomic E-state index is 15.2. The minimum atomic E-state index is -2.45. The zero-order chi connectivity index (χ0) is 80.7. The number of aliphatic hydroxyl groups is 3. The Balaban J connectivity index is 1.13. The van der Waals surface area contributed by atoms with Gasteiger partial charge in [-0.2, -0.15) is 0 Å². The van der Waals surface area contributed by atoms with Crippen molar-refractivity contribution in [2.45, 2.75) is 197 Å². The van der Waals surface area contributed by atoms with E-state index in [0.717, 1.165) is 4.90 Å². The third-order valence-corrected chi connectivity index (χ3v) is 20.3. The highest BCUT2D eigenvalue weighted by molar-refractivity contribution is 7.91. The van der Waals surface area contributed by atoms with Gasteiger partial charge >= 0.3 is 12.1 Å². The Labute approximate surface area is 637 Å². The first-order valence-electron chi connectivity index (χ1n) is 36.6. The third kappa shape index (κ3) is 27.5. The second-order valence-corrected chi connectivity index (χ2v) is 29.1. The zero-order valence-electron chi connectivity index (χ0n) is 62.2. The number of hydrogen-bond donors (Lipinski definition) is 18. The van der Waals surface area contributed by atoms with E-state index in [0.29, 0.717) is 74.9 Å². The lowest BCUT2D eigenvalue weighted by molar-refractivity contribution is -0.144. The van der Waals surface area contributed by atoms with Crippen LogP contribution in [0.2, 0.25) is 0 Å². The second-order valence-electron chi connectivity index (χ2n) is 27.6. The fourth-order valence-electron chi connectivity index (χ4n) is 12.4. The predicted octanol–water partition coefficient (Wildman–Crippen LogP) is -1.88. The van der Waals surface area contributed by atoms with E-state index >= 15 is 4.55 Å². The normalized spacial score (nSPS) is 21.7. The lowest BCUT2D eigenvalue weighted by atomic mass is 9.93. The molecule has 110 heavy (non-hydrogen) atoms. The Hall–Kier alpha value is -10.5. The number of fused-ring (bicyclic) bond motifs is 5. The van der Waals surface area contributed by atoms with Gasteiger partial charge < -0.3 is 114 Å². The SMILES string of the molecule is CC[C@@H](C)[C@@H]1NC(=O)CNC(=O)[C@H]2Cc3c([nH]c4cc(OCCCCCCNC(=O)OCc5ccc(NC(=O)[C@@H](CCCNC(N)=O)NC(=O)[C@H](NC(=O)CCCCCN=[N+]=[N-])C(C)C)cc5)ccc34)[S+]([O-])C[C@@H](NC(=O)CNC1=O)C(=O)N[C@@H](CC(N)=O)C(=O)N1C[C@H](O)C[C@H]1C(=O)N[C@@H]([C@@H](C)[C@H](O)CO)C(=O)N2. The number of carbonyl (C=O) groups is 14. The molecule has 0 saturated carbocycles. The van der Waals surface area contributed by atoms with Crippen molar-refractivity contribution in [3.8, 4) is 5.75 Å². The number of ether oxygens (including phenoxy) is 2. The summed E-state index contributed by atoms with van der Waals surface area (Å²) in [6.45, 7) is 5.85. The molecule has 3 aliphatic heterocycles. The van der Waals surface area contributed by atoms with Crippen molar-refractivity contribution in [1.29, 1.82) is 0 Å². The number of nitrogens with one attached hydrogen (secondary N) is 13. The summed E-state index contributed by atoms with van der Waals surface area (Å²) < 4.78 is 26.7. The number of primary amides is 2. The molecule has 1 fully saturated rings. The summed E-state index contributed by atoms with van der Waals surface area (Å²) >= 11 is -2.45. The Morgan fingerprint density at radius 2 is 1.46 bits per heavy atom. The van der Waals surface area contributed by atoms with Crippen LogP contribution < -0.4 is 80.0 Å². The van der Waals surface area contributed by atoms with Gasteiger partial charge in [0, 0.05) is 90.2 Å². The second kappa shape index (κ2) is 44.2. The number of amides is 15. The number of rotatable bonds is 33. The van der Waals surface area contributed by atoms with Crippen LogP contribution in [0.3, 0.4) is 0 Å². The van der Waals surface area contributed by atoms with E-state index in [4.69, 9.17) is 26.5 Å². The van der Waals surface area contributed by atoms with Crippen LogP contribution in [-0.4, -0.2) is 232 Å². The summed E-state index contributed by atoms with van der Waals surface area (Å²) in [6.07, 6.45) is -0.690. The largest absolute Gasteiger partial charge is 0.610 e. The fourth-order valence-corrected chi connectivity index (χ4v) is 13.8. The lowest BCUT2D eigenvalue weighted by Gasteiger charge is -2.32. The number of anilines is 1. The average molecular weight is 1560 g/mol. The maximum Gasteiger partial charge on any atom is 0.407 e. The zero-order valence-corrected chi connectivity index (χ0v) is 63.0. The van der Waals surface area contributed by atoms with Gasteiger partial charge in [-0.05, 0) is 85.7 Å². The number of nitrogens with two attached hydrogens (primary N) is 2. The molecule has 3 aliphatic rings. The molecule has 2 bridgehead atoms. The summed E-state index contributed by atoms with van der Waals surface area (Å²) in [5, 5.41) is 66.3. The van der Waals surface area contributed by atoms with Gasteiger partial charge in [0.05, 0.1) is 50.4 Å². The van der Waals surface area contributed by atoms with Crippen LogP contribution in [0.1, 0.15) is 129 Å². The monoisotopic (exact) mass is 1560 g/mol. The van der Waals surface area contributed by atoms with Crippen LogP contribution in [0.15, 0.2) is 52.6 Å². The number of nitrogens with zero attached hydrogens (tertiary/aromatic N) is 4. The van der Waals surface area contributed by atoms with Crippen LogP contribution >= 0.6 is 0 Å². The topological polar surface area (TPSA) is 605 Å². The number of unbranched alkanes of at least 4 members (excludes halogenated alkanes) is 5. The van der Waals surface area contributed by atoms with Gasteiger partial charge in [-0.15, -0.1) is 0 Å². The van der Waals surface area contributed by atoms with Crippen molar-refractivity contribution in [3.05, 3.63) is 64.0 Å². The van der Waals surface area contributed by atoms with Crippen molar-refractivity contribution < 1.29 is 96.5 Å². The highest BCUT2D eigenvalue weighted by Crippen LogP contribution is 2.32. The minimum Gasteiger partial charge on any atom is -0.610 e. The number of hydrogen-bond acceptors (Lipinski definition) is 21. The van der Waals surface area contributed by atoms with E-state index in [9.17, 15) is 82.4 Å². The Morgan fingerprint density at radius 3 is 2.15 bits per heavy atom. The molecule has 20 N–H and O–H groups in total. The third-order valence-electron chi connectivity index (χ3n) is 18.8. The van der Waals surface area contributed by atoms with Gasteiger partial charge in [0.15, 0.2) is 6.04 Å². The summed E-state index contributed by atoms with van der Waals surface area (Å²) in [4.78, 5) is 198. The molecule has 3 aromatic rings. The van der Waals surface area contributed by atoms with Crippen molar-refractivity contribution in [3.63, 3.8) is 0 Å². The van der Waals surface area contributed by atoms with E-state index in [-0.39, 0.29) is 78.9 Å². The van der Waals surface area contributed by atoms with Crippen molar-refractivity contribution in [1.82, 2.24) is 68.4 Å². The van der Waals surface area contributed by atoms with Gasteiger partial charge in [0.25, 0.3) is 0 Å². The Morgan fingerprint density at radius 1 is 0.773 bits per heavy atom. The van der Waals surface area contributed by atoms with Crippen LogP contribution in [-0.2, 0) is 86.5 Å². The molecular formula is C70H103N19O20S. The molecule has 0 aliphatic carbocycles. The van der Waals surface area contributed by atoms with E-state index in [2.05, 4.69) is 78.8 Å². The first-order chi connectivity index (χ1) is 52.4. The smallest absolute Gasteiger partial charge is 0.407 e. The number of aliphatic hydroxyl groups excluding tert-OH is 3. The van der Waals surface area contributed by atoms with Gasteiger partial charge in [0.1, 0.15) is 60.4 Å². The molecule has 1 saturated heterocycles. The molecule has 604 valence electrons. The number of alkyl carbamates (subject to hydrolysis) is 1. The molecule has 6 rings (SSSR count). The number of aromatic nitrogens is 1. The molecule has 13 atom stereocenters. The summed E-state index contributed by atoms with van der Waals surface area (Å²) in [6, 6.07) is -1.96. The van der Waals surface area contributed by atoms with Crippen molar-refractivity contribution in [2.75, 3.05) is 63.6 Å². The number of aromatic amines is 1. The molecule has 2 aromatic carbocycles. The Bertz CT molecular complexity index is 3790. The standard InChI is InChI=1S/C70H103N19O20S/c1-6-38(4)58-64(101)77-31-55(95)80-50-36-110(107)67-45(29-48(60(97)76-32-56(96)86-58)82-66(103)59(39(5)52(92)34-90)87-63(100)51-27-42(91)33-89(51)68(104)49(30-53(71)93)83-62(50)99)44-22-21-43(28-47(44)84-67)108-26-13-8-7-11-23-75-70(106)109-35-40-17-19-41(20-18-40)79-61(98)46(15-14-24-74-69(72)105)81-65(102)57(37(2)3)85-54(94)16-10-9-12-25-78-88-73/h17-22,28,37-39,42,46,48-52,57-59,84,90-92H,6-16,23-27,29-36H2,1-5H3,(H2,71,93)(H,75,106)(H,76,97)(H,77,101)(H,79,98)(H,80,95)(H,81,102)(H,82,103)(H,83,99)(H,85,94)(H,86,96)(H,87,100)(H3,72,74,105)/t38-,39+,42-,46-,48-,49+,50-,51+,52-,57-,58+,59+,110?/m1/s1. The lowest BCUT2D eigenvalue weighted by Crippen LogP contribution is -2.62. The predicted molar refractivity (Wildman–Crippen MR) is 396 cm³/mol. The highest BCUT2D eigenvalue weighted by Gasteiger charge is 2.46. The van der Waals surface area contributed by atoms with Crippen LogP contribution in [0, 0.1) is 17.8 Å². The maximum absolute atomic E-state index is 15.2. The van der Waals surface area contributed by atoms with Crippen LogP contribution in [0.25, 0.3) is 21.3 Å². The van der Waals surface area contributed by atoms with E-state index < -0.39 is 212 Å². The van der Waals surface area contributed by atoms with Crippen LogP contribution in [0.4, 0.5) is 15.3 Å². The van der Waals surface area contributed by atoms with Gasteiger partial charge in [0.2, 0.25) is 75.9 Å². The molecule has 39 nitrogen and oxygen atoms in total.